The topological polar surface area (TPSA) is 120 Å². The Bertz CT molecular complexity index is 970. The first-order valence-electron chi connectivity index (χ1n) is 11.0. The lowest BCUT2D eigenvalue weighted by Gasteiger charge is -2.45. The van der Waals surface area contributed by atoms with Crippen LogP contribution >= 0.6 is 0 Å². The molecule has 1 aromatic rings. The van der Waals surface area contributed by atoms with E-state index in [4.69, 9.17) is 20.0 Å². The molecule has 7 nitrogen and oxygen atoms in total. The molecule has 0 aromatic carbocycles. The minimum Gasteiger partial charge on any atom is -0.370 e. The van der Waals surface area contributed by atoms with Gasteiger partial charge in [0.25, 0.3) is 16.0 Å². The van der Waals surface area contributed by atoms with E-state index in [1.54, 1.807) is 0 Å². The molecule has 0 spiro atoms. The molecule has 3 N–H and O–H groups in total. The summed E-state index contributed by atoms with van der Waals surface area (Å²) in [5.74, 6) is -0.0903. The van der Waals surface area contributed by atoms with Crippen molar-refractivity contribution in [2.45, 2.75) is 90.8 Å². The van der Waals surface area contributed by atoms with Gasteiger partial charge in [-0.25, -0.2) is 0 Å². The monoisotopic (exact) mass is 466 g/mol. The average molecular weight is 467 g/mol. The maximum atomic E-state index is 12.0. The third kappa shape index (κ3) is 7.98. The van der Waals surface area contributed by atoms with E-state index in [1.165, 1.54) is 0 Å². The van der Waals surface area contributed by atoms with Crippen molar-refractivity contribution >= 4 is 21.6 Å². The zero-order chi connectivity index (χ0) is 24.5. The van der Waals surface area contributed by atoms with Gasteiger partial charge in [-0.1, -0.05) is 19.9 Å². The largest absolute Gasteiger partial charge is 0.370 e. The Labute approximate surface area is 192 Å². The van der Waals surface area contributed by atoms with E-state index in [2.05, 4.69) is 47.6 Å². The number of hydrogen-bond donors (Lipinski definition) is 2. The van der Waals surface area contributed by atoms with Gasteiger partial charge in [0, 0.05) is 11.6 Å². The highest BCUT2D eigenvalue weighted by molar-refractivity contribution is 7.85. The van der Waals surface area contributed by atoms with Crippen LogP contribution in [-0.4, -0.2) is 41.3 Å². The van der Waals surface area contributed by atoms with Gasteiger partial charge >= 0.3 is 0 Å². The number of nitrogens with zero attached hydrogens (tertiary/aromatic N) is 1. The predicted octanol–water partition coefficient (Wildman–Crippen LogP) is 4.73. The number of hydrogen-bond acceptors (Lipinski definition) is 5. The van der Waals surface area contributed by atoms with Crippen LogP contribution in [0.15, 0.2) is 18.2 Å². The van der Waals surface area contributed by atoms with Gasteiger partial charge in [0.2, 0.25) is 0 Å². The van der Waals surface area contributed by atoms with Crippen molar-refractivity contribution in [3.63, 3.8) is 0 Å². The van der Waals surface area contributed by atoms with Gasteiger partial charge in [0.05, 0.1) is 28.7 Å². The number of allylic oxidation sites excluding steroid dienone is 2. The summed E-state index contributed by atoms with van der Waals surface area (Å²) in [6.07, 6.45) is 7.85. The summed E-state index contributed by atoms with van der Waals surface area (Å²) in [5.41, 5.74) is 9.13. The molecular formula is C24H38N2O5S. The van der Waals surface area contributed by atoms with Gasteiger partial charge in [-0.05, 0) is 82.9 Å². The lowest BCUT2D eigenvalue weighted by atomic mass is 9.76. The first kappa shape index (κ1) is 26.5. The van der Waals surface area contributed by atoms with E-state index in [-0.39, 0.29) is 11.2 Å². The number of ether oxygens (including phenoxy) is 1. The van der Waals surface area contributed by atoms with Crippen molar-refractivity contribution in [2.24, 2.45) is 11.1 Å². The number of carbonyl (C=O) groups is 1. The molecule has 0 bridgehead atoms. The van der Waals surface area contributed by atoms with E-state index < -0.39 is 16.0 Å². The van der Waals surface area contributed by atoms with Crippen molar-refractivity contribution in [2.75, 3.05) is 6.26 Å². The fourth-order valence-corrected chi connectivity index (χ4v) is 4.74. The number of pyridine rings is 1. The highest BCUT2D eigenvalue weighted by Crippen LogP contribution is 2.44. The first-order chi connectivity index (χ1) is 14.4. The molecule has 32 heavy (non-hydrogen) atoms. The molecule has 1 amide bonds. The fraction of sp³-hybridized carbons (Fsp3) is 0.667. The Morgan fingerprint density at radius 3 is 2.09 bits per heavy atom. The molecule has 0 unspecified atom stereocenters. The van der Waals surface area contributed by atoms with Gasteiger partial charge in [-0.3, -0.25) is 14.3 Å². The Morgan fingerprint density at radius 1 is 1.12 bits per heavy atom. The smallest absolute Gasteiger partial charge is 0.261 e. The molecule has 1 aliphatic carbocycles. The molecule has 180 valence electrons. The number of aromatic nitrogens is 1. The van der Waals surface area contributed by atoms with Gasteiger partial charge < -0.3 is 10.5 Å². The number of rotatable bonds is 3. The Balaban J connectivity index is 0.000000654. The third-order valence-corrected chi connectivity index (χ3v) is 5.91. The van der Waals surface area contributed by atoms with Crippen LogP contribution in [0.5, 0.6) is 0 Å². The molecule has 2 aliphatic rings. The normalized spacial score (nSPS) is 22.3. The predicted molar refractivity (Wildman–Crippen MR) is 127 cm³/mol. The number of primary amides is 1. The second kappa shape index (κ2) is 9.23. The minimum absolute atomic E-state index is 0.190. The molecule has 8 heteroatoms. The third-order valence-electron chi connectivity index (χ3n) is 5.91. The average Bonchev–Trinajstić information content (AvgIpc) is 2.57. The van der Waals surface area contributed by atoms with E-state index >= 15 is 0 Å². The molecule has 1 fully saturated rings. The highest BCUT2D eigenvalue weighted by Gasteiger charge is 2.40. The lowest BCUT2D eigenvalue weighted by molar-refractivity contribution is -0.162. The molecule has 3 rings (SSSR count). The number of amides is 1. The van der Waals surface area contributed by atoms with E-state index in [0.717, 1.165) is 49.1 Å². The van der Waals surface area contributed by atoms with Crippen molar-refractivity contribution in [1.29, 1.82) is 0 Å². The van der Waals surface area contributed by atoms with Gasteiger partial charge in [-0.15, -0.1) is 0 Å². The second-order valence-corrected chi connectivity index (χ2v) is 12.5. The van der Waals surface area contributed by atoms with Crippen LogP contribution in [0.25, 0.3) is 5.57 Å². The zero-order valence-electron chi connectivity index (χ0n) is 20.4. The van der Waals surface area contributed by atoms with Crippen LogP contribution in [0.3, 0.4) is 0 Å². The fourth-order valence-electron chi connectivity index (χ4n) is 4.74. The Morgan fingerprint density at radius 2 is 1.66 bits per heavy atom. The Kier molecular flexibility index (Phi) is 7.64. The zero-order valence-corrected chi connectivity index (χ0v) is 21.2. The van der Waals surface area contributed by atoms with Crippen LogP contribution < -0.4 is 5.73 Å². The summed E-state index contributed by atoms with van der Waals surface area (Å²) in [6.45, 7) is 13.1. The summed E-state index contributed by atoms with van der Waals surface area (Å²) in [4.78, 5) is 17.0. The standard InChI is InChI=1S/C23H34N2O2.CH4O3S/c1-21(2)11-9-15(10-12-21)19-17(20(24)26)7-8-18(25-19)16-13-22(3,4)27-23(5,6)14-16;1-5(2,3)4/h7-9,16H,10-14H2,1-6H3,(H2,24,26);1H3,(H,2,3,4). The molecule has 0 radical (unpaired) electrons. The van der Waals surface area contributed by atoms with Crippen molar-refractivity contribution < 1.29 is 22.5 Å². The van der Waals surface area contributed by atoms with E-state index in [9.17, 15) is 13.2 Å². The summed E-state index contributed by atoms with van der Waals surface area (Å²) >= 11 is 0. The van der Waals surface area contributed by atoms with Crippen molar-refractivity contribution in [1.82, 2.24) is 4.98 Å². The summed E-state index contributed by atoms with van der Waals surface area (Å²) in [6, 6.07) is 3.86. The highest BCUT2D eigenvalue weighted by atomic mass is 32.2. The Hall–Kier alpha value is -1.77. The van der Waals surface area contributed by atoms with Gasteiger partial charge in [-0.2, -0.15) is 8.42 Å². The number of nitrogens with two attached hydrogens (primary N) is 1. The minimum atomic E-state index is -3.67. The molecule has 1 aliphatic heterocycles. The van der Waals surface area contributed by atoms with Gasteiger partial charge in [0.15, 0.2) is 0 Å². The molecule has 2 heterocycles. The SMILES string of the molecule is CC1(C)CC=C(c2nc(C3CC(C)(C)OC(C)(C)C3)ccc2C(N)=O)CC1.CS(=O)(=O)O. The van der Waals surface area contributed by atoms with E-state index in [0.29, 0.717) is 23.2 Å². The van der Waals surface area contributed by atoms with Crippen LogP contribution in [0.1, 0.15) is 101 Å². The van der Waals surface area contributed by atoms with Crippen molar-refractivity contribution in [3.8, 4) is 0 Å². The van der Waals surface area contributed by atoms with Gasteiger partial charge in [0.1, 0.15) is 0 Å². The van der Waals surface area contributed by atoms with Crippen molar-refractivity contribution in [3.05, 3.63) is 35.2 Å². The summed E-state index contributed by atoms with van der Waals surface area (Å²) < 4.78 is 32.1. The van der Waals surface area contributed by atoms with Crippen LogP contribution in [-0.2, 0) is 14.9 Å². The van der Waals surface area contributed by atoms with Crippen LogP contribution in [0.4, 0.5) is 0 Å². The maximum absolute atomic E-state index is 12.0. The molecule has 1 saturated heterocycles. The molecule has 0 atom stereocenters. The first-order valence-corrected chi connectivity index (χ1v) is 12.9. The molecule has 1 aromatic heterocycles. The van der Waals surface area contributed by atoms with Crippen LogP contribution in [0.2, 0.25) is 0 Å². The lowest BCUT2D eigenvalue weighted by Crippen LogP contribution is -2.44. The quantitative estimate of drug-likeness (QED) is 0.622. The summed E-state index contributed by atoms with van der Waals surface area (Å²) in [7, 11) is -3.67. The molecular weight excluding hydrogens is 428 g/mol. The molecule has 0 saturated carbocycles. The maximum Gasteiger partial charge on any atom is 0.261 e. The summed E-state index contributed by atoms with van der Waals surface area (Å²) in [5, 5.41) is 0. The van der Waals surface area contributed by atoms with E-state index in [1.807, 2.05) is 12.1 Å². The number of carbonyl (C=O) groups excluding carboxylic acids is 1. The van der Waals surface area contributed by atoms with Crippen LogP contribution in [0, 0.1) is 5.41 Å². The second-order valence-electron chi connectivity index (χ2n) is 11.1.